The number of aromatic nitrogens is 1. The average Bonchev–Trinajstić information content (AvgIpc) is 3.16. The summed E-state index contributed by atoms with van der Waals surface area (Å²) in [4.78, 5) is 18.4. The third-order valence-electron chi connectivity index (χ3n) is 3.64. The molecule has 0 bridgehead atoms. The zero-order chi connectivity index (χ0) is 17.9. The normalized spacial score (nSPS) is 11.2. The second-order valence-electron chi connectivity index (χ2n) is 5.45. The number of benzene rings is 2. The summed E-state index contributed by atoms with van der Waals surface area (Å²) in [5.74, 6) is -0.382. The van der Waals surface area contributed by atoms with Gasteiger partial charge in [-0.05, 0) is 29.8 Å². The first-order chi connectivity index (χ1) is 12.0. The van der Waals surface area contributed by atoms with Crippen LogP contribution >= 0.6 is 11.3 Å². The highest BCUT2D eigenvalue weighted by Gasteiger charge is 2.18. The molecule has 3 rings (SSSR count). The quantitative estimate of drug-likeness (QED) is 0.688. The Balaban J connectivity index is 1.83. The molecule has 128 valence electrons. The smallest absolute Gasteiger partial charge is 0.259 e. The average molecular weight is 372 g/mol. The van der Waals surface area contributed by atoms with Crippen LogP contribution in [-0.4, -0.2) is 26.4 Å². The Morgan fingerprint density at radius 1 is 1.12 bits per heavy atom. The molecule has 1 aromatic heterocycles. The molecular weight excluding hydrogens is 356 g/mol. The number of sulfone groups is 1. The number of nitrogens with zero attached hydrogens (tertiary/aromatic N) is 2. The monoisotopic (exact) mass is 372 g/mol. The van der Waals surface area contributed by atoms with Gasteiger partial charge >= 0.3 is 0 Å². The second-order valence-corrected chi connectivity index (χ2v) is 8.31. The van der Waals surface area contributed by atoms with E-state index in [0.29, 0.717) is 16.3 Å². The first-order valence-electron chi connectivity index (χ1n) is 7.52. The zero-order valence-corrected chi connectivity index (χ0v) is 15.1. The van der Waals surface area contributed by atoms with Crippen LogP contribution in [0.5, 0.6) is 0 Å². The maximum Gasteiger partial charge on any atom is 0.259 e. The van der Waals surface area contributed by atoms with Gasteiger partial charge in [0.15, 0.2) is 15.0 Å². The van der Waals surface area contributed by atoms with Gasteiger partial charge in [0, 0.05) is 24.2 Å². The molecule has 0 saturated carbocycles. The highest BCUT2D eigenvalue weighted by Crippen LogP contribution is 2.20. The lowest BCUT2D eigenvalue weighted by Gasteiger charge is -2.14. The SMILES string of the molecule is CN(C(=O)c1cccc(CS(=O)(=O)c2ccccc2)c1)c1nccs1. The summed E-state index contributed by atoms with van der Waals surface area (Å²) in [6.45, 7) is 0. The molecular formula is C18H16N2O3S2. The van der Waals surface area contributed by atoms with E-state index >= 15 is 0 Å². The van der Waals surface area contributed by atoms with Crippen LogP contribution < -0.4 is 4.90 Å². The van der Waals surface area contributed by atoms with Crippen molar-refractivity contribution in [1.29, 1.82) is 0 Å². The molecule has 0 aliphatic heterocycles. The van der Waals surface area contributed by atoms with Gasteiger partial charge < -0.3 is 0 Å². The molecule has 0 N–H and O–H groups in total. The van der Waals surface area contributed by atoms with Crippen LogP contribution in [0.2, 0.25) is 0 Å². The van der Waals surface area contributed by atoms with Gasteiger partial charge in [0.1, 0.15) is 0 Å². The fourth-order valence-electron chi connectivity index (χ4n) is 2.39. The van der Waals surface area contributed by atoms with Crippen LogP contribution in [0.4, 0.5) is 5.13 Å². The van der Waals surface area contributed by atoms with Crippen molar-refractivity contribution in [2.75, 3.05) is 11.9 Å². The lowest BCUT2D eigenvalue weighted by Crippen LogP contribution is -2.26. The summed E-state index contributed by atoms with van der Waals surface area (Å²) in [6, 6.07) is 15.0. The van der Waals surface area contributed by atoms with Crippen molar-refractivity contribution in [3.63, 3.8) is 0 Å². The molecule has 0 aliphatic carbocycles. The molecule has 0 saturated heterocycles. The minimum absolute atomic E-state index is 0.154. The summed E-state index contributed by atoms with van der Waals surface area (Å²) in [6.07, 6.45) is 1.63. The van der Waals surface area contributed by atoms with Gasteiger partial charge in [0.05, 0.1) is 10.6 Å². The number of amides is 1. The number of carbonyl (C=O) groups is 1. The molecule has 7 heteroatoms. The van der Waals surface area contributed by atoms with E-state index in [1.807, 2.05) is 0 Å². The second kappa shape index (κ2) is 7.16. The van der Waals surface area contributed by atoms with Gasteiger partial charge in [-0.3, -0.25) is 9.69 Å². The van der Waals surface area contributed by atoms with Crippen molar-refractivity contribution < 1.29 is 13.2 Å². The van der Waals surface area contributed by atoms with Crippen molar-refractivity contribution in [2.24, 2.45) is 0 Å². The van der Waals surface area contributed by atoms with E-state index in [0.717, 1.165) is 0 Å². The lowest BCUT2D eigenvalue weighted by molar-refractivity contribution is 0.0993. The molecule has 5 nitrogen and oxygen atoms in total. The molecule has 25 heavy (non-hydrogen) atoms. The largest absolute Gasteiger partial charge is 0.287 e. The van der Waals surface area contributed by atoms with E-state index in [9.17, 15) is 13.2 Å². The van der Waals surface area contributed by atoms with Crippen molar-refractivity contribution in [3.05, 3.63) is 77.3 Å². The number of hydrogen-bond acceptors (Lipinski definition) is 5. The standard InChI is InChI=1S/C18H16N2O3S2/c1-20(18-19-10-11-24-18)17(21)15-7-5-6-14(12-15)13-25(22,23)16-8-3-2-4-9-16/h2-12H,13H2,1H3. The third-order valence-corrected chi connectivity index (χ3v) is 6.20. The number of carbonyl (C=O) groups excluding carboxylic acids is 1. The molecule has 0 aliphatic rings. The number of thiazole rings is 1. The van der Waals surface area contributed by atoms with Gasteiger partial charge in [0.2, 0.25) is 0 Å². The summed E-state index contributed by atoms with van der Waals surface area (Å²) >= 11 is 1.36. The third kappa shape index (κ3) is 3.94. The Bertz CT molecular complexity index is 969. The van der Waals surface area contributed by atoms with E-state index in [4.69, 9.17) is 0 Å². The molecule has 2 aromatic carbocycles. The minimum Gasteiger partial charge on any atom is -0.287 e. The maximum absolute atomic E-state index is 12.6. The maximum atomic E-state index is 12.6. The van der Waals surface area contributed by atoms with Gasteiger partial charge in [-0.1, -0.05) is 30.3 Å². The minimum atomic E-state index is -3.45. The topological polar surface area (TPSA) is 67.3 Å². The van der Waals surface area contributed by atoms with Crippen molar-refractivity contribution >= 4 is 32.2 Å². The molecule has 1 amide bonds. The van der Waals surface area contributed by atoms with E-state index in [1.54, 1.807) is 73.2 Å². The fourth-order valence-corrected chi connectivity index (χ4v) is 4.35. The first-order valence-corrected chi connectivity index (χ1v) is 10.0. The summed E-state index contributed by atoms with van der Waals surface area (Å²) in [5, 5.41) is 2.38. The van der Waals surface area contributed by atoms with E-state index < -0.39 is 9.84 Å². The summed E-state index contributed by atoms with van der Waals surface area (Å²) < 4.78 is 25.0. The predicted molar refractivity (Wildman–Crippen MR) is 98.6 cm³/mol. The van der Waals surface area contributed by atoms with Gasteiger partial charge in [-0.15, -0.1) is 11.3 Å². The zero-order valence-electron chi connectivity index (χ0n) is 13.5. The van der Waals surface area contributed by atoms with Crippen LogP contribution in [0.25, 0.3) is 0 Å². The number of anilines is 1. The van der Waals surface area contributed by atoms with Crippen LogP contribution in [0.15, 0.2) is 71.1 Å². The van der Waals surface area contributed by atoms with Crippen LogP contribution in [0.1, 0.15) is 15.9 Å². The highest BCUT2D eigenvalue weighted by molar-refractivity contribution is 7.90. The van der Waals surface area contributed by atoms with E-state index in [-0.39, 0.29) is 16.6 Å². The van der Waals surface area contributed by atoms with E-state index in [2.05, 4.69) is 4.98 Å². The summed E-state index contributed by atoms with van der Waals surface area (Å²) in [7, 11) is -1.81. The summed E-state index contributed by atoms with van der Waals surface area (Å²) in [5.41, 5.74) is 1.00. The van der Waals surface area contributed by atoms with Crippen molar-refractivity contribution in [3.8, 4) is 0 Å². The molecule has 0 atom stereocenters. The Kier molecular flexibility index (Phi) is 4.96. The lowest BCUT2D eigenvalue weighted by atomic mass is 10.1. The highest BCUT2D eigenvalue weighted by atomic mass is 32.2. The molecule has 3 aromatic rings. The predicted octanol–water partition coefficient (Wildman–Crippen LogP) is 3.39. The number of rotatable bonds is 5. The van der Waals surface area contributed by atoms with Crippen LogP contribution in [0, 0.1) is 0 Å². The molecule has 0 radical (unpaired) electrons. The number of hydrogen-bond donors (Lipinski definition) is 0. The first kappa shape index (κ1) is 17.3. The van der Waals surface area contributed by atoms with Crippen LogP contribution in [0.3, 0.4) is 0 Å². The van der Waals surface area contributed by atoms with E-state index in [1.165, 1.54) is 16.2 Å². The molecule has 0 unspecified atom stereocenters. The Labute approximate surface area is 150 Å². The fraction of sp³-hybridized carbons (Fsp3) is 0.111. The van der Waals surface area contributed by atoms with Gasteiger partial charge in [-0.25, -0.2) is 13.4 Å². The Hall–Kier alpha value is -2.51. The van der Waals surface area contributed by atoms with Crippen LogP contribution in [-0.2, 0) is 15.6 Å². The van der Waals surface area contributed by atoms with Gasteiger partial charge in [0.25, 0.3) is 5.91 Å². The molecule has 0 spiro atoms. The van der Waals surface area contributed by atoms with Crippen molar-refractivity contribution in [1.82, 2.24) is 4.98 Å². The molecule has 1 heterocycles. The Morgan fingerprint density at radius 3 is 2.56 bits per heavy atom. The van der Waals surface area contributed by atoms with Gasteiger partial charge in [-0.2, -0.15) is 0 Å². The Morgan fingerprint density at radius 2 is 1.88 bits per heavy atom. The van der Waals surface area contributed by atoms with Crippen molar-refractivity contribution in [2.45, 2.75) is 10.6 Å². The molecule has 0 fully saturated rings.